The number of halogens is 2. The van der Waals surface area contributed by atoms with Crippen LogP contribution < -0.4 is 19.8 Å². The topological polar surface area (TPSA) is 61.1 Å². The number of ether oxygens (including phenoxy) is 3. The van der Waals surface area contributed by atoms with E-state index in [-0.39, 0.29) is 0 Å². The van der Waals surface area contributed by atoms with Gasteiger partial charge >= 0.3 is 5.63 Å². The summed E-state index contributed by atoms with van der Waals surface area (Å²) in [5.74, 6) is 1.84. The van der Waals surface area contributed by atoms with E-state index in [0.717, 1.165) is 22.1 Å². The summed E-state index contributed by atoms with van der Waals surface area (Å²) in [6.07, 6.45) is 0. The fourth-order valence-corrected chi connectivity index (χ4v) is 4.95. The summed E-state index contributed by atoms with van der Waals surface area (Å²) in [4.78, 5) is 15.3. The second-order valence-electron chi connectivity index (χ2n) is 8.37. The lowest BCUT2D eigenvalue weighted by Crippen LogP contribution is -2.31. The summed E-state index contributed by atoms with van der Waals surface area (Å²) in [5, 5.41) is 2.04. The van der Waals surface area contributed by atoms with Crippen molar-refractivity contribution in [1.29, 1.82) is 0 Å². The van der Waals surface area contributed by atoms with Crippen molar-refractivity contribution in [3.63, 3.8) is 0 Å². The molecule has 0 saturated carbocycles. The highest BCUT2D eigenvalue weighted by Gasteiger charge is 2.24. The summed E-state index contributed by atoms with van der Waals surface area (Å²) in [5.41, 5.74) is 3.89. The van der Waals surface area contributed by atoms with Crippen LogP contribution in [-0.2, 0) is 13.1 Å². The molecule has 0 amide bonds. The molecule has 0 radical (unpaired) electrons. The Kier molecular flexibility index (Phi) is 6.36. The van der Waals surface area contributed by atoms with Gasteiger partial charge in [-0.05, 0) is 60.0 Å². The zero-order valence-corrected chi connectivity index (χ0v) is 21.0. The Balaban J connectivity index is 1.55. The SMILES string of the molecule is COc1ccc(-c2c(C)c3ccc4c(c3oc2=O)CN(Cc2ccc(Cl)cc2Cl)CO4)cc1OC. The summed E-state index contributed by atoms with van der Waals surface area (Å²) < 4.78 is 22.7. The van der Waals surface area contributed by atoms with E-state index in [1.807, 2.05) is 37.3 Å². The molecular weight excluding hydrogens is 489 g/mol. The summed E-state index contributed by atoms with van der Waals surface area (Å²) in [7, 11) is 3.13. The molecule has 0 spiro atoms. The standard InChI is InChI=1S/C27H23Cl2NO5/c1-15-19-7-9-22-20(13-30(14-34-22)12-17-4-6-18(28)11-21(17)29)26(19)35-27(31)25(15)16-5-8-23(32-2)24(10-16)33-3/h4-11H,12-14H2,1-3H3. The van der Waals surface area contributed by atoms with Gasteiger partial charge in [-0.2, -0.15) is 0 Å². The van der Waals surface area contributed by atoms with Crippen molar-refractivity contribution in [1.82, 2.24) is 4.90 Å². The smallest absolute Gasteiger partial charge is 0.344 e. The molecule has 0 unspecified atom stereocenters. The Morgan fingerprint density at radius 1 is 1.00 bits per heavy atom. The minimum Gasteiger partial charge on any atom is -0.493 e. The zero-order chi connectivity index (χ0) is 24.7. The first kappa shape index (κ1) is 23.5. The molecule has 0 bridgehead atoms. The largest absolute Gasteiger partial charge is 0.493 e. The fraction of sp³-hybridized carbons (Fsp3) is 0.222. The van der Waals surface area contributed by atoms with Crippen molar-refractivity contribution in [2.75, 3.05) is 21.0 Å². The normalized spacial score (nSPS) is 13.4. The Morgan fingerprint density at radius 3 is 2.54 bits per heavy atom. The summed E-state index contributed by atoms with van der Waals surface area (Å²) >= 11 is 12.4. The average molecular weight is 512 g/mol. The predicted molar refractivity (Wildman–Crippen MR) is 137 cm³/mol. The number of hydrogen-bond donors (Lipinski definition) is 0. The Hall–Kier alpha value is -3.19. The highest BCUT2D eigenvalue weighted by Crippen LogP contribution is 2.38. The molecule has 0 fully saturated rings. The van der Waals surface area contributed by atoms with E-state index in [4.69, 9.17) is 41.8 Å². The minimum absolute atomic E-state index is 0.393. The van der Waals surface area contributed by atoms with E-state index in [1.54, 1.807) is 32.4 Å². The number of hydrogen-bond acceptors (Lipinski definition) is 6. The molecule has 5 rings (SSSR count). The van der Waals surface area contributed by atoms with Gasteiger partial charge in [-0.25, -0.2) is 4.79 Å². The second kappa shape index (κ2) is 9.46. The van der Waals surface area contributed by atoms with Gasteiger partial charge in [-0.1, -0.05) is 35.3 Å². The molecule has 4 aromatic rings. The Morgan fingerprint density at radius 2 is 1.80 bits per heavy atom. The van der Waals surface area contributed by atoms with E-state index in [1.165, 1.54) is 0 Å². The summed E-state index contributed by atoms with van der Waals surface area (Å²) in [6.45, 7) is 3.43. The highest BCUT2D eigenvalue weighted by atomic mass is 35.5. The van der Waals surface area contributed by atoms with Crippen molar-refractivity contribution in [3.05, 3.63) is 85.7 Å². The van der Waals surface area contributed by atoms with Crippen molar-refractivity contribution >= 4 is 34.2 Å². The van der Waals surface area contributed by atoms with Crippen LogP contribution in [0.25, 0.3) is 22.1 Å². The molecule has 8 heteroatoms. The molecule has 1 aliphatic rings. The first-order valence-electron chi connectivity index (χ1n) is 11.0. The lowest BCUT2D eigenvalue weighted by Gasteiger charge is -2.29. The molecule has 1 aromatic heterocycles. The first-order chi connectivity index (χ1) is 16.9. The van der Waals surface area contributed by atoms with Crippen molar-refractivity contribution in [2.45, 2.75) is 20.0 Å². The number of benzene rings is 3. The molecule has 0 saturated heterocycles. The van der Waals surface area contributed by atoms with Crippen molar-refractivity contribution in [2.24, 2.45) is 0 Å². The number of aryl methyl sites for hydroxylation is 1. The number of methoxy groups -OCH3 is 2. The van der Waals surface area contributed by atoms with Crippen LogP contribution in [0, 0.1) is 6.92 Å². The third kappa shape index (κ3) is 4.33. The van der Waals surface area contributed by atoms with Crippen LogP contribution in [0.5, 0.6) is 17.2 Å². The first-order valence-corrected chi connectivity index (χ1v) is 11.8. The molecule has 180 valence electrons. The van der Waals surface area contributed by atoms with Crippen LogP contribution in [0.4, 0.5) is 0 Å². The van der Waals surface area contributed by atoms with Crippen LogP contribution >= 0.6 is 23.2 Å². The van der Waals surface area contributed by atoms with Gasteiger partial charge in [0.25, 0.3) is 0 Å². The lowest BCUT2D eigenvalue weighted by molar-refractivity contribution is 0.0890. The molecule has 2 heterocycles. The average Bonchev–Trinajstić information content (AvgIpc) is 2.85. The third-order valence-corrected chi connectivity index (χ3v) is 6.85. The monoisotopic (exact) mass is 511 g/mol. The van der Waals surface area contributed by atoms with Gasteiger partial charge in [0, 0.05) is 28.5 Å². The third-order valence-electron chi connectivity index (χ3n) is 6.26. The van der Waals surface area contributed by atoms with Crippen molar-refractivity contribution < 1.29 is 18.6 Å². The van der Waals surface area contributed by atoms with Gasteiger partial charge in [-0.3, -0.25) is 4.90 Å². The van der Waals surface area contributed by atoms with Gasteiger partial charge in [-0.15, -0.1) is 0 Å². The second-order valence-corrected chi connectivity index (χ2v) is 9.22. The van der Waals surface area contributed by atoms with Gasteiger partial charge in [0.1, 0.15) is 18.1 Å². The highest BCUT2D eigenvalue weighted by molar-refractivity contribution is 6.35. The van der Waals surface area contributed by atoms with Gasteiger partial charge in [0.15, 0.2) is 11.5 Å². The Bertz CT molecular complexity index is 1500. The molecule has 35 heavy (non-hydrogen) atoms. The van der Waals surface area contributed by atoms with Crippen molar-refractivity contribution in [3.8, 4) is 28.4 Å². The van der Waals surface area contributed by atoms with Crippen LogP contribution in [-0.4, -0.2) is 25.9 Å². The fourth-order valence-electron chi connectivity index (χ4n) is 4.49. The van der Waals surface area contributed by atoms with E-state index in [9.17, 15) is 4.79 Å². The lowest BCUT2D eigenvalue weighted by atomic mass is 9.97. The van der Waals surface area contributed by atoms with Gasteiger partial charge < -0.3 is 18.6 Å². The molecule has 1 aliphatic heterocycles. The number of fused-ring (bicyclic) bond motifs is 3. The van der Waals surface area contributed by atoms with Crippen LogP contribution in [0.15, 0.2) is 57.7 Å². The van der Waals surface area contributed by atoms with E-state index in [0.29, 0.717) is 63.8 Å². The molecular formula is C27H23Cl2NO5. The van der Waals surface area contributed by atoms with E-state index >= 15 is 0 Å². The van der Waals surface area contributed by atoms with Gasteiger partial charge in [0.2, 0.25) is 0 Å². The molecule has 0 aliphatic carbocycles. The molecule has 3 aromatic carbocycles. The molecule has 6 nitrogen and oxygen atoms in total. The number of rotatable bonds is 5. The molecule has 0 atom stereocenters. The quantitative estimate of drug-likeness (QED) is 0.287. The van der Waals surface area contributed by atoms with E-state index in [2.05, 4.69) is 4.90 Å². The maximum absolute atomic E-state index is 13.2. The van der Waals surface area contributed by atoms with Crippen LogP contribution in [0.2, 0.25) is 10.0 Å². The predicted octanol–water partition coefficient (Wildman–Crippen LogP) is 6.44. The van der Waals surface area contributed by atoms with Crippen LogP contribution in [0.3, 0.4) is 0 Å². The van der Waals surface area contributed by atoms with Gasteiger partial charge in [0.05, 0.1) is 25.3 Å². The van der Waals surface area contributed by atoms with E-state index < -0.39 is 5.63 Å². The molecule has 0 N–H and O–H groups in total. The number of nitrogens with zero attached hydrogens (tertiary/aromatic N) is 1. The Labute approximate surface area is 212 Å². The maximum Gasteiger partial charge on any atom is 0.344 e. The zero-order valence-electron chi connectivity index (χ0n) is 19.5. The summed E-state index contributed by atoms with van der Waals surface area (Å²) in [6, 6.07) is 14.7. The van der Waals surface area contributed by atoms with Crippen LogP contribution in [0.1, 0.15) is 16.7 Å². The maximum atomic E-state index is 13.2. The minimum atomic E-state index is -0.423.